The minimum Gasteiger partial charge on any atom is -0.368 e. The van der Waals surface area contributed by atoms with Crippen LogP contribution in [0.4, 0.5) is 5.69 Å². The Morgan fingerprint density at radius 3 is 2.77 bits per heavy atom. The molecule has 0 fully saturated rings. The van der Waals surface area contributed by atoms with Crippen molar-refractivity contribution in [1.29, 1.82) is 0 Å². The lowest BCUT2D eigenvalue weighted by Crippen LogP contribution is -2.26. The van der Waals surface area contributed by atoms with Gasteiger partial charge in [0.15, 0.2) is 0 Å². The summed E-state index contributed by atoms with van der Waals surface area (Å²) >= 11 is 0. The summed E-state index contributed by atoms with van der Waals surface area (Å²) in [5, 5.41) is 4.42. The normalized spacial score (nSPS) is 20.7. The molecule has 0 radical (unpaired) electrons. The van der Waals surface area contributed by atoms with Crippen LogP contribution < -0.4 is 4.90 Å². The Bertz CT molecular complexity index is 643. The molecule has 3 heteroatoms. The smallest absolute Gasteiger partial charge is 0.147 e. The van der Waals surface area contributed by atoms with Crippen molar-refractivity contribution in [3.05, 3.63) is 46.8 Å². The molecule has 1 aliphatic rings. The van der Waals surface area contributed by atoms with Crippen LogP contribution in [0.25, 0.3) is 0 Å². The van der Waals surface area contributed by atoms with Crippen LogP contribution in [0.15, 0.2) is 29.0 Å². The summed E-state index contributed by atoms with van der Waals surface area (Å²) in [6.07, 6.45) is 4.21. The topological polar surface area (TPSA) is 29.3 Å². The number of benzene rings is 1. The highest BCUT2D eigenvalue weighted by Crippen LogP contribution is 2.44. The third kappa shape index (κ3) is 2.43. The van der Waals surface area contributed by atoms with Gasteiger partial charge in [0, 0.05) is 19.0 Å². The third-order valence-electron chi connectivity index (χ3n) is 5.18. The number of nitrogens with zero attached hydrogens (tertiary/aromatic N) is 2. The van der Waals surface area contributed by atoms with E-state index in [9.17, 15) is 0 Å². The molecule has 3 rings (SSSR count). The lowest BCUT2D eigenvalue weighted by atomic mass is 9.73. The van der Waals surface area contributed by atoms with Crippen LogP contribution in [-0.2, 0) is 6.42 Å². The van der Waals surface area contributed by atoms with Gasteiger partial charge in [0.1, 0.15) is 17.6 Å². The van der Waals surface area contributed by atoms with E-state index >= 15 is 0 Å². The first-order valence-corrected chi connectivity index (χ1v) is 8.44. The van der Waals surface area contributed by atoms with Gasteiger partial charge < -0.3 is 9.42 Å². The molecule has 1 heterocycles. The number of rotatable bonds is 4. The molecular weight excluding hydrogens is 272 g/mol. The van der Waals surface area contributed by atoms with Gasteiger partial charge in [0.2, 0.25) is 0 Å². The molecule has 1 aliphatic carbocycles. The Kier molecular flexibility index (Phi) is 4.23. The van der Waals surface area contributed by atoms with Crippen LogP contribution in [0.3, 0.4) is 0 Å². The predicted molar refractivity (Wildman–Crippen MR) is 90.6 cm³/mol. The number of aryl methyl sites for hydroxylation is 1. The molecule has 3 nitrogen and oxygen atoms in total. The zero-order valence-corrected chi connectivity index (χ0v) is 14.1. The van der Waals surface area contributed by atoms with Gasteiger partial charge >= 0.3 is 0 Å². The second kappa shape index (κ2) is 6.15. The number of aromatic nitrogens is 1. The summed E-state index contributed by atoms with van der Waals surface area (Å²) < 4.78 is 5.39. The molecule has 118 valence electrons. The maximum absolute atomic E-state index is 5.39. The second-order valence-corrected chi connectivity index (χ2v) is 6.39. The highest BCUT2D eigenvalue weighted by molar-refractivity contribution is 5.54. The number of hydrogen-bond donors (Lipinski definition) is 0. The fraction of sp³-hybridized carbons (Fsp3) is 0.526. The summed E-state index contributed by atoms with van der Waals surface area (Å²) in [5.74, 6) is 0.937. The summed E-state index contributed by atoms with van der Waals surface area (Å²) in [6, 6.07) is 6.68. The Labute approximate surface area is 133 Å². The number of anilines is 1. The van der Waals surface area contributed by atoms with Crippen molar-refractivity contribution >= 4 is 5.69 Å². The van der Waals surface area contributed by atoms with E-state index in [0.717, 1.165) is 24.5 Å². The maximum Gasteiger partial charge on any atom is 0.147 e. The van der Waals surface area contributed by atoms with E-state index in [1.54, 1.807) is 0 Å². The first kappa shape index (κ1) is 15.1. The van der Waals surface area contributed by atoms with E-state index in [1.165, 1.54) is 29.5 Å². The molecule has 0 spiro atoms. The number of hydrogen-bond acceptors (Lipinski definition) is 3. The van der Waals surface area contributed by atoms with E-state index in [1.807, 2.05) is 6.26 Å². The zero-order chi connectivity index (χ0) is 15.7. The van der Waals surface area contributed by atoms with E-state index in [2.05, 4.69) is 56.0 Å². The molecule has 0 saturated carbocycles. The molecule has 0 bridgehead atoms. The Morgan fingerprint density at radius 1 is 1.27 bits per heavy atom. The Hall–Kier alpha value is -1.77. The van der Waals surface area contributed by atoms with Gasteiger partial charge in [-0.3, -0.25) is 0 Å². The van der Waals surface area contributed by atoms with Crippen LogP contribution in [-0.4, -0.2) is 18.2 Å². The summed E-state index contributed by atoms with van der Waals surface area (Å²) in [6.45, 7) is 10.9. The highest BCUT2D eigenvalue weighted by Gasteiger charge is 2.33. The second-order valence-electron chi connectivity index (χ2n) is 6.39. The highest BCUT2D eigenvalue weighted by atomic mass is 16.5. The van der Waals surface area contributed by atoms with Gasteiger partial charge in [-0.25, -0.2) is 0 Å². The van der Waals surface area contributed by atoms with Crippen molar-refractivity contribution < 1.29 is 4.52 Å². The molecule has 1 aromatic carbocycles. The summed E-state index contributed by atoms with van der Waals surface area (Å²) in [5.41, 5.74) is 6.64. The van der Waals surface area contributed by atoms with Gasteiger partial charge in [-0.05, 0) is 56.2 Å². The van der Waals surface area contributed by atoms with Crippen molar-refractivity contribution in [2.45, 2.75) is 46.5 Å². The average molecular weight is 298 g/mol. The van der Waals surface area contributed by atoms with Crippen LogP contribution >= 0.6 is 0 Å². The summed E-state index contributed by atoms with van der Waals surface area (Å²) in [7, 11) is 0. The van der Waals surface area contributed by atoms with Crippen LogP contribution in [0, 0.1) is 12.8 Å². The predicted octanol–water partition coefficient (Wildman–Crippen LogP) is 4.54. The van der Waals surface area contributed by atoms with Gasteiger partial charge in [-0.2, -0.15) is 0 Å². The molecule has 2 atom stereocenters. The monoisotopic (exact) mass is 298 g/mol. The molecule has 1 aromatic heterocycles. The van der Waals surface area contributed by atoms with E-state index in [4.69, 9.17) is 4.52 Å². The van der Waals surface area contributed by atoms with Crippen molar-refractivity contribution in [3.63, 3.8) is 0 Å². The van der Waals surface area contributed by atoms with Gasteiger partial charge in [-0.15, -0.1) is 0 Å². The largest absolute Gasteiger partial charge is 0.368 e. The van der Waals surface area contributed by atoms with Crippen LogP contribution in [0.2, 0.25) is 0 Å². The summed E-state index contributed by atoms with van der Waals surface area (Å²) in [4.78, 5) is 2.34. The average Bonchev–Trinajstić information content (AvgIpc) is 2.98. The van der Waals surface area contributed by atoms with Gasteiger partial charge in [0.05, 0.1) is 0 Å². The standard InChI is InChI=1S/C19H26N2O/c1-5-21(6-2)17-12-22-20-19(17)18-14(4)10-11-15-13(3)8-7-9-16(15)18/h7-9,12,14,18H,5-6,10-11H2,1-4H3. The third-order valence-corrected chi connectivity index (χ3v) is 5.18. The van der Waals surface area contributed by atoms with Gasteiger partial charge in [-0.1, -0.05) is 30.3 Å². The van der Waals surface area contributed by atoms with E-state index < -0.39 is 0 Å². The Morgan fingerprint density at radius 2 is 2.05 bits per heavy atom. The van der Waals surface area contributed by atoms with Crippen molar-refractivity contribution in [1.82, 2.24) is 5.16 Å². The molecular formula is C19H26N2O. The first-order valence-electron chi connectivity index (χ1n) is 8.44. The van der Waals surface area contributed by atoms with Crippen LogP contribution in [0.5, 0.6) is 0 Å². The minimum absolute atomic E-state index is 0.345. The van der Waals surface area contributed by atoms with Crippen molar-refractivity contribution in [2.75, 3.05) is 18.0 Å². The van der Waals surface area contributed by atoms with Gasteiger partial charge in [0.25, 0.3) is 0 Å². The molecule has 2 unspecified atom stereocenters. The van der Waals surface area contributed by atoms with Crippen molar-refractivity contribution in [2.24, 2.45) is 5.92 Å². The van der Waals surface area contributed by atoms with E-state index in [-0.39, 0.29) is 0 Å². The fourth-order valence-corrected chi connectivity index (χ4v) is 3.88. The van der Waals surface area contributed by atoms with Crippen LogP contribution in [0.1, 0.15) is 55.5 Å². The maximum atomic E-state index is 5.39. The molecule has 2 aromatic rings. The van der Waals surface area contributed by atoms with E-state index in [0.29, 0.717) is 11.8 Å². The fourth-order valence-electron chi connectivity index (χ4n) is 3.88. The lowest BCUT2D eigenvalue weighted by molar-refractivity contribution is 0.381. The zero-order valence-electron chi connectivity index (χ0n) is 14.1. The first-order chi connectivity index (χ1) is 10.7. The number of fused-ring (bicyclic) bond motifs is 1. The van der Waals surface area contributed by atoms with Crippen molar-refractivity contribution in [3.8, 4) is 0 Å². The lowest BCUT2D eigenvalue weighted by Gasteiger charge is -2.33. The SMILES string of the molecule is CCN(CC)c1conc1C1c2cccc(C)c2CCC1C. The molecule has 0 N–H and O–H groups in total. The molecule has 0 aliphatic heterocycles. The molecule has 0 amide bonds. The molecule has 22 heavy (non-hydrogen) atoms. The quantitative estimate of drug-likeness (QED) is 0.829. The molecule has 0 saturated heterocycles. The minimum atomic E-state index is 0.345. The Balaban J connectivity index is 2.10.